The Balaban J connectivity index is 2.51. The number of rotatable bonds is 1. The summed E-state index contributed by atoms with van der Waals surface area (Å²) in [6.07, 6.45) is 0.960. The average Bonchev–Trinajstić information content (AvgIpc) is 2.85. The molecule has 2 heterocycles. The Morgan fingerprint density at radius 3 is 2.61 bits per heavy atom. The third-order valence-electron chi connectivity index (χ3n) is 3.36. The molecule has 0 saturated carbocycles. The molecule has 23 heavy (non-hydrogen) atoms. The molecule has 126 valence electrons. The third kappa shape index (κ3) is 3.34. The maximum Gasteiger partial charge on any atom is 0.411 e. The van der Waals surface area contributed by atoms with Gasteiger partial charge in [0.2, 0.25) is 0 Å². The minimum absolute atomic E-state index is 0.0802. The minimum Gasteiger partial charge on any atom is -0.467 e. The van der Waals surface area contributed by atoms with Crippen LogP contribution in [0.4, 0.5) is 4.79 Å². The Kier molecular flexibility index (Phi) is 4.69. The van der Waals surface area contributed by atoms with E-state index in [1.54, 1.807) is 34.0 Å². The summed E-state index contributed by atoms with van der Waals surface area (Å²) in [6.45, 7) is 5.35. The second-order valence-corrected chi connectivity index (χ2v) is 6.35. The van der Waals surface area contributed by atoms with E-state index in [-0.39, 0.29) is 6.54 Å². The summed E-state index contributed by atoms with van der Waals surface area (Å²) in [5.41, 5.74) is 1.02. The van der Waals surface area contributed by atoms with Crippen molar-refractivity contribution in [2.45, 2.75) is 32.4 Å². The zero-order chi connectivity index (χ0) is 17.4. The molecule has 1 aromatic rings. The Bertz CT molecular complexity index is 662. The van der Waals surface area contributed by atoms with Crippen LogP contribution in [0.5, 0.6) is 0 Å². The van der Waals surface area contributed by atoms with E-state index in [1.165, 1.54) is 16.7 Å². The van der Waals surface area contributed by atoms with Crippen molar-refractivity contribution in [3.63, 3.8) is 0 Å². The van der Waals surface area contributed by atoms with E-state index >= 15 is 0 Å². The summed E-state index contributed by atoms with van der Waals surface area (Å²) >= 11 is 3.95. The number of hydrogen-bond donors (Lipinski definition) is 1. The van der Waals surface area contributed by atoms with Gasteiger partial charge in [0.05, 0.1) is 31.3 Å². The molecule has 1 aromatic heterocycles. The molecule has 0 fully saturated rings. The maximum absolute atomic E-state index is 12.5. The number of esters is 1. The van der Waals surface area contributed by atoms with E-state index in [0.29, 0.717) is 17.0 Å². The van der Waals surface area contributed by atoms with E-state index in [4.69, 9.17) is 9.47 Å². The molecule has 1 unspecified atom stereocenters. The van der Waals surface area contributed by atoms with Crippen molar-refractivity contribution in [2.75, 3.05) is 13.7 Å². The molecular formula is C14H20N4O4S. The van der Waals surface area contributed by atoms with Crippen LogP contribution in [-0.2, 0) is 21.3 Å². The molecule has 1 aliphatic rings. The molecule has 0 aliphatic carbocycles. The van der Waals surface area contributed by atoms with E-state index < -0.39 is 23.7 Å². The summed E-state index contributed by atoms with van der Waals surface area (Å²) < 4.78 is 15.7. The van der Waals surface area contributed by atoms with E-state index in [2.05, 4.69) is 22.3 Å². The van der Waals surface area contributed by atoms with Crippen molar-refractivity contribution >= 4 is 30.6 Å². The van der Waals surface area contributed by atoms with E-state index in [1.807, 2.05) is 0 Å². The molecule has 0 spiro atoms. The second kappa shape index (κ2) is 6.23. The van der Waals surface area contributed by atoms with Crippen molar-refractivity contribution in [1.29, 1.82) is 0 Å². The Morgan fingerprint density at radius 1 is 1.43 bits per heavy atom. The number of amides is 1. The first-order valence-electron chi connectivity index (χ1n) is 7.00. The van der Waals surface area contributed by atoms with Gasteiger partial charge in [-0.25, -0.2) is 14.0 Å². The van der Waals surface area contributed by atoms with Gasteiger partial charge in [-0.05, 0) is 33.6 Å². The van der Waals surface area contributed by atoms with E-state index in [9.17, 15) is 9.59 Å². The summed E-state index contributed by atoms with van der Waals surface area (Å²) in [6, 6.07) is -0.948. The SMILES string of the molecule is COC(=O)C1c2c(cnn2C)C(=NS)CN1C(=O)OC(C)(C)C. The van der Waals surface area contributed by atoms with Gasteiger partial charge >= 0.3 is 12.1 Å². The van der Waals surface area contributed by atoms with Gasteiger partial charge in [0, 0.05) is 12.6 Å². The van der Waals surface area contributed by atoms with Crippen molar-refractivity contribution < 1.29 is 19.1 Å². The van der Waals surface area contributed by atoms with Crippen LogP contribution in [0, 0.1) is 0 Å². The summed E-state index contributed by atoms with van der Waals surface area (Å²) in [7, 11) is 2.96. The predicted molar refractivity (Wildman–Crippen MR) is 86.4 cm³/mol. The monoisotopic (exact) mass is 340 g/mol. The largest absolute Gasteiger partial charge is 0.467 e. The normalized spacial score (nSPS) is 19.5. The first-order valence-corrected chi connectivity index (χ1v) is 7.40. The van der Waals surface area contributed by atoms with Gasteiger partial charge in [0.1, 0.15) is 5.60 Å². The Labute approximate surface area is 140 Å². The molecule has 2 rings (SSSR count). The first kappa shape index (κ1) is 17.3. The summed E-state index contributed by atoms with van der Waals surface area (Å²) in [4.78, 5) is 26.1. The lowest BCUT2D eigenvalue weighted by atomic mass is 9.98. The lowest BCUT2D eigenvalue weighted by Gasteiger charge is -2.35. The molecule has 0 radical (unpaired) electrons. The highest BCUT2D eigenvalue weighted by Gasteiger charge is 2.43. The number of fused-ring (bicyclic) bond motifs is 1. The summed E-state index contributed by atoms with van der Waals surface area (Å²) in [5, 5.41) is 4.15. The molecular weight excluding hydrogens is 320 g/mol. The van der Waals surface area contributed by atoms with Gasteiger partial charge in [-0.15, -0.1) is 0 Å². The average molecular weight is 340 g/mol. The smallest absolute Gasteiger partial charge is 0.411 e. The Morgan fingerprint density at radius 2 is 2.09 bits per heavy atom. The standard InChI is InChI=1S/C14H20N4O4S/c1-14(2,3)22-13(20)18-7-9(16-23)8-6-15-17(4)10(8)11(18)12(19)21-5/h6,11,23H,7H2,1-5H3. The van der Waals surface area contributed by atoms with Crippen molar-refractivity contribution in [3.05, 3.63) is 17.5 Å². The van der Waals surface area contributed by atoms with Gasteiger partial charge in [-0.1, -0.05) is 0 Å². The fraction of sp³-hybridized carbons (Fsp3) is 0.571. The molecule has 0 aromatic carbocycles. The van der Waals surface area contributed by atoms with Crippen LogP contribution in [0.15, 0.2) is 10.6 Å². The molecule has 9 heteroatoms. The highest BCUT2D eigenvalue weighted by molar-refractivity contribution is 7.79. The fourth-order valence-corrected chi connectivity index (χ4v) is 2.58. The molecule has 0 saturated heterocycles. The molecule has 0 bridgehead atoms. The van der Waals surface area contributed by atoms with Gasteiger partial charge in [-0.3, -0.25) is 9.58 Å². The molecule has 1 aliphatic heterocycles. The zero-order valence-electron chi connectivity index (χ0n) is 13.7. The second-order valence-electron chi connectivity index (χ2n) is 6.15. The number of carbonyl (C=O) groups is 2. The van der Waals surface area contributed by atoms with Crippen molar-refractivity contribution in [1.82, 2.24) is 14.7 Å². The number of aromatic nitrogens is 2. The quantitative estimate of drug-likeness (QED) is 0.619. The van der Waals surface area contributed by atoms with Crippen LogP contribution in [0.2, 0.25) is 0 Å². The highest BCUT2D eigenvalue weighted by Crippen LogP contribution is 2.32. The molecule has 1 amide bonds. The van der Waals surface area contributed by atoms with Crippen LogP contribution in [0.1, 0.15) is 38.1 Å². The fourth-order valence-electron chi connectivity index (χ4n) is 2.41. The number of carbonyl (C=O) groups excluding carboxylic acids is 2. The number of ether oxygens (including phenoxy) is 2. The lowest BCUT2D eigenvalue weighted by Crippen LogP contribution is -2.48. The van der Waals surface area contributed by atoms with Crippen molar-refractivity contribution in [3.8, 4) is 0 Å². The number of hydrogen-bond acceptors (Lipinski definition) is 7. The van der Waals surface area contributed by atoms with Crippen molar-refractivity contribution in [2.24, 2.45) is 11.4 Å². The maximum atomic E-state index is 12.5. The minimum atomic E-state index is -0.948. The number of nitrogens with zero attached hydrogens (tertiary/aromatic N) is 4. The number of methoxy groups -OCH3 is 1. The molecule has 0 N–H and O–H groups in total. The van der Waals surface area contributed by atoms with E-state index in [0.717, 1.165) is 0 Å². The summed E-state index contributed by atoms with van der Waals surface area (Å²) in [5.74, 6) is -0.570. The van der Waals surface area contributed by atoms with Crippen LogP contribution in [-0.4, -0.2) is 51.7 Å². The topological polar surface area (TPSA) is 86.0 Å². The van der Waals surface area contributed by atoms with Crippen LogP contribution >= 0.6 is 12.8 Å². The van der Waals surface area contributed by atoms with Crippen LogP contribution in [0.3, 0.4) is 0 Å². The number of thiol groups is 1. The highest BCUT2D eigenvalue weighted by atomic mass is 32.1. The predicted octanol–water partition coefficient (Wildman–Crippen LogP) is 1.52. The number of aryl methyl sites for hydroxylation is 1. The van der Waals surface area contributed by atoms with Gasteiger partial charge in [0.25, 0.3) is 0 Å². The first-order chi connectivity index (χ1) is 10.7. The third-order valence-corrected chi connectivity index (χ3v) is 3.60. The van der Waals surface area contributed by atoms with Crippen LogP contribution in [0.25, 0.3) is 0 Å². The molecule has 1 atom stereocenters. The lowest BCUT2D eigenvalue weighted by molar-refractivity contribution is -0.147. The van der Waals surface area contributed by atoms with Gasteiger partial charge < -0.3 is 9.47 Å². The Hall–Kier alpha value is -2.03. The van der Waals surface area contributed by atoms with Gasteiger partial charge in [-0.2, -0.15) is 5.10 Å². The zero-order valence-corrected chi connectivity index (χ0v) is 14.6. The van der Waals surface area contributed by atoms with Crippen LogP contribution < -0.4 is 0 Å². The van der Waals surface area contributed by atoms with Gasteiger partial charge in [0.15, 0.2) is 6.04 Å². The molecule has 8 nitrogen and oxygen atoms in total.